The summed E-state index contributed by atoms with van der Waals surface area (Å²) in [6.45, 7) is 0. The third kappa shape index (κ3) is 3.60. The van der Waals surface area contributed by atoms with Crippen molar-refractivity contribution in [3.05, 3.63) is 57.4 Å². The van der Waals surface area contributed by atoms with Crippen molar-refractivity contribution < 1.29 is 18.2 Å². The summed E-state index contributed by atoms with van der Waals surface area (Å²) in [7, 11) is 15.0. The van der Waals surface area contributed by atoms with Crippen molar-refractivity contribution in [3.63, 3.8) is 0 Å². The Kier molecular flexibility index (Phi) is 5.52. The minimum atomic E-state index is -2.13. The second kappa shape index (κ2) is 7.03. The van der Waals surface area contributed by atoms with Gasteiger partial charge in [0.2, 0.25) is 0 Å². The molecule has 1 aliphatic carbocycles. The number of rotatable bonds is 0. The first-order chi connectivity index (χ1) is 10.1. The van der Waals surface area contributed by atoms with Crippen molar-refractivity contribution in [2.75, 3.05) is 0 Å². The maximum absolute atomic E-state index is 5.00. The molecule has 107 valence electrons. The molecule has 1 aliphatic rings. The van der Waals surface area contributed by atoms with E-state index < -0.39 is 18.2 Å². The van der Waals surface area contributed by atoms with Crippen molar-refractivity contribution in [3.8, 4) is 11.1 Å². The zero-order valence-electron chi connectivity index (χ0n) is 10.6. The van der Waals surface area contributed by atoms with Crippen molar-refractivity contribution >= 4 is 62.9 Å². The van der Waals surface area contributed by atoms with Gasteiger partial charge in [0.25, 0.3) is 0 Å². The van der Waals surface area contributed by atoms with Gasteiger partial charge >= 0.3 is 43.7 Å². The van der Waals surface area contributed by atoms with E-state index >= 15 is 0 Å². The Balaban J connectivity index is 0.000000298. The Morgan fingerprint density at radius 1 is 1.19 bits per heavy atom. The summed E-state index contributed by atoms with van der Waals surface area (Å²) >= 11 is 3.28. The van der Waals surface area contributed by atoms with Crippen molar-refractivity contribution in [1.82, 2.24) is 0 Å². The number of fused-ring (bicyclic) bond motifs is 5. The van der Waals surface area contributed by atoms with Gasteiger partial charge in [0.15, 0.2) is 0 Å². The van der Waals surface area contributed by atoms with Crippen molar-refractivity contribution in [2.45, 2.75) is 6.42 Å². The van der Waals surface area contributed by atoms with E-state index in [1.54, 1.807) is 0 Å². The molecule has 0 atom stereocenters. The van der Waals surface area contributed by atoms with Gasteiger partial charge in [-0.1, -0.05) is 44.6 Å². The molecule has 2 aromatic carbocycles. The number of thiophene rings is 1. The Morgan fingerprint density at radius 3 is 2.67 bits per heavy atom. The molecule has 0 saturated heterocycles. The van der Waals surface area contributed by atoms with Crippen LogP contribution in [0, 0.1) is 6.07 Å². The fourth-order valence-corrected chi connectivity index (χ4v) is 4.30. The molecule has 21 heavy (non-hydrogen) atoms. The molecule has 0 radical (unpaired) electrons. The molecule has 4 rings (SSSR count). The van der Waals surface area contributed by atoms with E-state index in [0.717, 1.165) is 10.9 Å². The third-order valence-electron chi connectivity index (χ3n) is 3.27. The van der Waals surface area contributed by atoms with Gasteiger partial charge in [-0.05, 0) is 16.9 Å². The first kappa shape index (κ1) is 16.5. The predicted molar refractivity (Wildman–Crippen MR) is 94.2 cm³/mol. The summed E-state index contributed by atoms with van der Waals surface area (Å²) in [5.74, 6) is 0. The van der Waals surface area contributed by atoms with Crippen LogP contribution in [0.4, 0.5) is 0 Å². The van der Waals surface area contributed by atoms with Crippen LogP contribution in [0.1, 0.15) is 10.4 Å². The summed E-state index contributed by atoms with van der Waals surface area (Å²) in [6, 6.07) is 16.3. The zero-order valence-corrected chi connectivity index (χ0v) is 17.7. The van der Waals surface area contributed by atoms with Gasteiger partial charge < -0.3 is 0 Å². The normalized spacial score (nSPS) is 11.6. The van der Waals surface area contributed by atoms with E-state index in [1.807, 2.05) is 17.4 Å². The number of hydrogen-bond donors (Lipinski definition) is 0. The molecule has 0 amide bonds. The Hall–Kier alpha value is 0.633. The molecule has 3 aromatic rings. The molecular weight excluding hydrogens is 490 g/mol. The first-order valence-electron chi connectivity index (χ1n) is 6.10. The average Bonchev–Trinajstić information content (AvgIpc) is 2.92. The summed E-state index contributed by atoms with van der Waals surface area (Å²) in [4.78, 5) is 1.48. The van der Waals surface area contributed by atoms with Gasteiger partial charge in [0, 0.05) is 0 Å². The van der Waals surface area contributed by atoms with Gasteiger partial charge in [-0.15, -0.1) is 39.5 Å². The van der Waals surface area contributed by atoms with E-state index in [9.17, 15) is 0 Å². The Morgan fingerprint density at radius 2 is 1.90 bits per heavy atom. The molecular formula is C15H8BrCl3SZr-. The second-order valence-corrected chi connectivity index (χ2v) is 17.8. The summed E-state index contributed by atoms with van der Waals surface area (Å²) in [6.07, 6.45) is 1.08. The van der Waals surface area contributed by atoms with Gasteiger partial charge in [-0.3, -0.25) is 0 Å². The van der Waals surface area contributed by atoms with Crippen LogP contribution in [0.3, 0.4) is 0 Å². The number of halogens is 4. The van der Waals surface area contributed by atoms with Crippen LogP contribution < -0.4 is 0 Å². The predicted octanol–water partition coefficient (Wildman–Crippen LogP) is 7.10. The minimum absolute atomic E-state index is 1.08. The first-order valence-corrected chi connectivity index (χ1v) is 17.2. The molecule has 0 bridgehead atoms. The average molecular weight is 498 g/mol. The quantitative estimate of drug-likeness (QED) is 0.227. The Bertz CT molecular complexity index is 798. The third-order valence-corrected chi connectivity index (χ3v) is 4.86. The maximum atomic E-state index is 5.00. The Labute approximate surface area is 154 Å². The molecule has 0 aliphatic heterocycles. The van der Waals surface area contributed by atoms with Crippen LogP contribution in [-0.4, -0.2) is 0 Å². The van der Waals surface area contributed by atoms with Crippen LogP contribution in [0.15, 0.2) is 40.9 Å². The van der Waals surface area contributed by atoms with E-state index in [-0.39, 0.29) is 0 Å². The molecule has 1 aromatic heterocycles. The van der Waals surface area contributed by atoms with E-state index in [1.165, 1.54) is 31.7 Å². The zero-order chi connectivity index (χ0) is 15.0. The van der Waals surface area contributed by atoms with Crippen LogP contribution in [-0.2, 0) is 24.6 Å². The molecule has 1 heterocycles. The topological polar surface area (TPSA) is 0 Å². The van der Waals surface area contributed by atoms with Crippen LogP contribution in [0.2, 0.25) is 0 Å². The summed E-state index contributed by atoms with van der Waals surface area (Å²) in [5, 5.41) is 1.28. The van der Waals surface area contributed by atoms with E-state index in [2.05, 4.69) is 52.3 Å². The number of hydrogen-bond acceptors (Lipinski definition) is 1. The van der Waals surface area contributed by atoms with Gasteiger partial charge in [-0.25, -0.2) is 11.3 Å². The van der Waals surface area contributed by atoms with Crippen molar-refractivity contribution in [2.24, 2.45) is 0 Å². The van der Waals surface area contributed by atoms with E-state index in [0.29, 0.717) is 0 Å². The summed E-state index contributed by atoms with van der Waals surface area (Å²) < 4.78 is 2.44. The van der Waals surface area contributed by atoms with Crippen molar-refractivity contribution in [1.29, 1.82) is 0 Å². The molecule has 0 spiro atoms. The fraction of sp³-hybridized carbons (Fsp3) is 0.0667. The molecule has 0 nitrogen and oxygen atoms in total. The van der Waals surface area contributed by atoms with E-state index in [4.69, 9.17) is 25.5 Å². The number of benzene rings is 2. The summed E-state index contributed by atoms with van der Waals surface area (Å²) in [5.41, 5.74) is 4.26. The molecule has 0 fully saturated rings. The van der Waals surface area contributed by atoms with Crippen LogP contribution >= 0.6 is 52.8 Å². The molecule has 0 saturated carbocycles. The van der Waals surface area contributed by atoms with Crippen LogP contribution in [0.25, 0.3) is 21.2 Å². The SMILES string of the molecule is Brc1c[c-]c2c3c(sc2c1)Cc1ccccc1-3.[Cl][Zr]([Cl])[Cl]. The van der Waals surface area contributed by atoms with Crippen LogP contribution in [0.5, 0.6) is 0 Å². The standard InChI is InChI=1S/C15H8BrS.3ClH.Zr/c16-10-5-6-12-13(8-10)17-14-7-9-3-1-2-4-11(9)15(12)14;;;;/h1-5,8H,7H2;3*1H;/q-1;;;;+3/p-3. The fourth-order valence-electron chi connectivity index (χ4n) is 2.55. The molecule has 0 N–H and O–H groups in total. The molecule has 0 unspecified atom stereocenters. The van der Waals surface area contributed by atoms with Gasteiger partial charge in [0.05, 0.1) is 0 Å². The molecule has 6 heteroatoms. The second-order valence-electron chi connectivity index (χ2n) is 4.51. The van der Waals surface area contributed by atoms with Gasteiger partial charge in [0.1, 0.15) is 0 Å². The monoisotopic (exact) mass is 494 g/mol. The van der Waals surface area contributed by atoms with Gasteiger partial charge in [-0.2, -0.15) is 0 Å².